The van der Waals surface area contributed by atoms with E-state index in [0.29, 0.717) is 11.4 Å². The molecule has 7 heteroatoms. The minimum Gasteiger partial charge on any atom is -0.495 e. The van der Waals surface area contributed by atoms with Gasteiger partial charge in [-0.25, -0.2) is 0 Å². The fraction of sp³-hybridized carbons (Fsp3) is 0.308. The molecular formula is C13H15N3O3S. The van der Waals surface area contributed by atoms with Crippen molar-refractivity contribution in [3.8, 4) is 5.75 Å². The highest BCUT2D eigenvalue weighted by atomic mass is 32.1. The molecule has 2 N–H and O–H groups in total. The van der Waals surface area contributed by atoms with E-state index in [1.165, 1.54) is 0 Å². The van der Waals surface area contributed by atoms with E-state index in [4.69, 9.17) is 22.7 Å². The lowest BCUT2D eigenvalue weighted by molar-refractivity contribution is -0.144. The van der Waals surface area contributed by atoms with E-state index in [-0.39, 0.29) is 36.4 Å². The molecule has 1 heterocycles. The van der Waals surface area contributed by atoms with Crippen LogP contribution in [-0.4, -0.2) is 48.4 Å². The number of methoxy groups -OCH3 is 1. The fourth-order valence-corrected chi connectivity index (χ4v) is 2.21. The molecule has 0 atom stereocenters. The molecule has 1 aromatic rings. The quantitative estimate of drug-likeness (QED) is 0.629. The van der Waals surface area contributed by atoms with Crippen LogP contribution in [0, 0.1) is 0 Å². The molecule has 0 spiro atoms. The van der Waals surface area contributed by atoms with Crippen LogP contribution in [0.25, 0.3) is 0 Å². The number of hydrogen-bond acceptors (Lipinski definition) is 5. The van der Waals surface area contributed by atoms with Crippen molar-refractivity contribution in [2.24, 2.45) is 5.73 Å². The van der Waals surface area contributed by atoms with Crippen molar-refractivity contribution in [1.29, 1.82) is 0 Å². The van der Waals surface area contributed by atoms with Crippen LogP contribution < -0.4 is 15.4 Å². The number of anilines is 1. The van der Waals surface area contributed by atoms with E-state index in [1.807, 2.05) is 18.2 Å². The maximum absolute atomic E-state index is 12.0. The lowest BCUT2D eigenvalue weighted by Gasteiger charge is -2.34. The van der Waals surface area contributed by atoms with E-state index in [2.05, 4.69) is 0 Å². The molecule has 0 aromatic heterocycles. The molecule has 1 fully saturated rings. The Labute approximate surface area is 122 Å². The molecule has 1 aliphatic heterocycles. The van der Waals surface area contributed by atoms with Crippen molar-refractivity contribution in [1.82, 2.24) is 4.90 Å². The van der Waals surface area contributed by atoms with Crippen LogP contribution in [0.15, 0.2) is 24.3 Å². The summed E-state index contributed by atoms with van der Waals surface area (Å²) in [7, 11) is 1.55. The van der Waals surface area contributed by atoms with Gasteiger partial charge in [-0.3, -0.25) is 14.5 Å². The smallest absolute Gasteiger partial charge is 0.249 e. The molecule has 106 valence electrons. The van der Waals surface area contributed by atoms with Gasteiger partial charge in [-0.1, -0.05) is 24.4 Å². The predicted octanol–water partition coefficient (Wildman–Crippen LogP) is 0.156. The van der Waals surface area contributed by atoms with Crippen molar-refractivity contribution >= 4 is 34.7 Å². The van der Waals surface area contributed by atoms with Crippen molar-refractivity contribution in [2.75, 3.05) is 31.6 Å². The zero-order chi connectivity index (χ0) is 14.7. The van der Waals surface area contributed by atoms with Crippen LogP contribution in [0.3, 0.4) is 0 Å². The summed E-state index contributed by atoms with van der Waals surface area (Å²) in [6, 6.07) is 7.25. The minimum absolute atomic E-state index is 0.00718. The predicted molar refractivity (Wildman–Crippen MR) is 78.7 cm³/mol. The van der Waals surface area contributed by atoms with Gasteiger partial charge in [0, 0.05) is 0 Å². The summed E-state index contributed by atoms with van der Waals surface area (Å²) in [6.45, 7) is 0.177. The Bertz CT molecular complexity index is 544. The Morgan fingerprint density at radius 3 is 2.45 bits per heavy atom. The van der Waals surface area contributed by atoms with E-state index in [1.54, 1.807) is 18.1 Å². The number of imide groups is 1. The van der Waals surface area contributed by atoms with Crippen molar-refractivity contribution in [3.05, 3.63) is 24.3 Å². The molecule has 6 nitrogen and oxygen atoms in total. The van der Waals surface area contributed by atoms with Crippen LogP contribution in [0.5, 0.6) is 5.75 Å². The second kappa shape index (κ2) is 5.87. The summed E-state index contributed by atoms with van der Waals surface area (Å²) in [5, 5.41) is 0. The summed E-state index contributed by atoms with van der Waals surface area (Å²) in [5.74, 6) is -0.0178. The lowest BCUT2D eigenvalue weighted by atomic mass is 10.2. The molecule has 1 saturated heterocycles. The number of rotatable bonds is 4. The number of piperazine rings is 1. The standard InChI is InChI=1S/C13H15N3O3S/c1-19-10-5-3-2-4-9(10)15-7-12(17)16(6-11(14)20)13(18)8-15/h2-5H,6-8H2,1H3,(H2,14,20). The van der Waals surface area contributed by atoms with Gasteiger partial charge in [0.25, 0.3) is 0 Å². The molecule has 0 aliphatic carbocycles. The molecular weight excluding hydrogens is 278 g/mol. The summed E-state index contributed by atoms with van der Waals surface area (Å²) < 4.78 is 5.24. The Morgan fingerprint density at radius 1 is 1.30 bits per heavy atom. The van der Waals surface area contributed by atoms with E-state index >= 15 is 0 Å². The SMILES string of the molecule is COc1ccccc1N1CC(=O)N(CC(N)=S)C(=O)C1. The summed E-state index contributed by atoms with van der Waals surface area (Å²) in [4.78, 5) is 27.0. The first-order valence-electron chi connectivity index (χ1n) is 6.02. The second-order valence-electron chi connectivity index (χ2n) is 4.37. The Balaban J connectivity index is 2.20. The number of nitrogens with zero attached hydrogens (tertiary/aromatic N) is 2. The first-order chi connectivity index (χ1) is 9.52. The first kappa shape index (κ1) is 14.3. The zero-order valence-electron chi connectivity index (χ0n) is 11.0. The number of benzene rings is 1. The number of thiocarbonyl (C=S) groups is 1. The van der Waals surface area contributed by atoms with E-state index in [0.717, 1.165) is 4.90 Å². The fourth-order valence-electron chi connectivity index (χ4n) is 2.09. The normalized spacial score (nSPS) is 15.4. The molecule has 0 bridgehead atoms. The molecule has 0 unspecified atom stereocenters. The number of carbonyl (C=O) groups is 2. The highest BCUT2D eigenvalue weighted by Gasteiger charge is 2.32. The van der Waals surface area contributed by atoms with Crippen LogP contribution in [0.4, 0.5) is 5.69 Å². The Kier molecular flexibility index (Phi) is 4.19. The molecule has 0 saturated carbocycles. The number of nitrogens with two attached hydrogens (primary N) is 1. The van der Waals surface area contributed by atoms with Crippen molar-refractivity contribution in [2.45, 2.75) is 0 Å². The van der Waals surface area contributed by atoms with Crippen LogP contribution >= 0.6 is 12.2 Å². The largest absolute Gasteiger partial charge is 0.495 e. The average molecular weight is 293 g/mol. The number of para-hydroxylation sites is 2. The molecule has 2 rings (SSSR count). The van der Waals surface area contributed by atoms with Gasteiger partial charge in [-0.05, 0) is 12.1 Å². The van der Waals surface area contributed by atoms with E-state index < -0.39 is 0 Å². The van der Waals surface area contributed by atoms with Crippen LogP contribution in [-0.2, 0) is 9.59 Å². The van der Waals surface area contributed by atoms with Gasteiger partial charge in [0.15, 0.2) is 0 Å². The Morgan fingerprint density at radius 2 is 1.90 bits per heavy atom. The number of amides is 2. The van der Waals surface area contributed by atoms with Crippen molar-refractivity contribution in [3.63, 3.8) is 0 Å². The molecule has 20 heavy (non-hydrogen) atoms. The van der Waals surface area contributed by atoms with Gasteiger partial charge in [0.2, 0.25) is 11.8 Å². The monoisotopic (exact) mass is 293 g/mol. The molecule has 1 aromatic carbocycles. The summed E-state index contributed by atoms with van der Waals surface area (Å²) in [6.07, 6.45) is 0. The van der Waals surface area contributed by atoms with Gasteiger partial charge < -0.3 is 15.4 Å². The van der Waals surface area contributed by atoms with Crippen molar-refractivity contribution < 1.29 is 14.3 Å². The number of carbonyl (C=O) groups excluding carboxylic acids is 2. The third-order valence-electron chi connectivity index (χ3n) is 2.99. The highest BCUT2D eigenvalue weighted by molar-refractivity contribution is 7.80. The molecule has 2 amide bonds. The lowest BCUT2D eigenvalue weighted by Crippen LogP contribution is -2.55. The highest BCUT2D eigenvalue weighted by Crippen LogP contribution is 2.28. The second-order valence-corrected chi connectivity index (χ2v) is 4.89. The minimum atomic E-state index is -0.319. The van der Waals surface area contributed by atoms with Crippen LogP contribution in [0.2, 0.25) is 0 Å². The van der Waals surface area contributed by atoms with Gasteiger partial charge in [0.05, 0.1) is 37.4 Å². The van der Waals surface area contributed by atoms with E-state index in [9.17, 15) is 9.59 Å². The summed E-state index contributed by atoms with van der Waals surface area (Å²) in [5.41, 5.74) is 6.11. The third-order valence-corrected chi connectivity index (χ3v) is 3.12. The molecule has 1 aliphatic rings. The van der Waals surface area contributed by atoms with Gasteiger partial charge >= 0.3 is 0 Å². The topological polar surface area (TPSA) is 75.9 Å². The summed E-state index contributed by atoms with van der Waals surface area (Å²) >= 11 is 4.74. The maximum atomic E-state index is 12.0. The maximum Gasteiger partial charge on any atom is 0.249 e. The third kappa shape index (κ3) is 2.88. The van der Waals surface area contributed by atoms with Gasteiger partial charge in [-0.15, -0.1) is 0 Å². The first-order valence-corrected chi connectivity index (χ1v) is 6.43. The number of ether oxygens (including phenoxy) is 1. The van der Waals surface area contributed by atoms with Crippen LogP contribution in [0.1, 0.15) is 0 Å². The van der Waals surface area contributed by atoms with Gasteiger partial charge in [-0.2, -0.15) is 0 Å². The Hall–Kier alpha value is -2.15. The average Bonchev–Trinajstić information content (AvgIpc) is 2.42. The molecule has 0 radical (unpaired) electrons. The zero-order valence-corrected chi connectivity index (χ0v) is 11.9. The number of hydrogen-bond donors (Lipinski definition) is 1. The van der Waals surface area contributed by atoms with Gasteiger partial charge in [0.1, 0.15) is 5.75 Å².